The molecule has 2 aromatic heterocycles. The molecular formula is C15H12BrN3OS2. The number of hydrazone groups is 1. The number of aromatic nitrogens is 1. The van der Waals surface area contributed by atoms with Crippen LogP contribution < -0.4 is 10.2 Å². The zero-order chi connectivity index (χ0) is 15.4. The van der Waals surface area contributed by atoms with Crippen LogP contribution in [-0.4, -0.2) is 18.3 Å². The Hall–Kier alpha value is -1.70. The summed E-state index contributed by atoms with van der Waals surface area (Å²) < 4.78 is 6.09. The number of ether oxygens (including phenoxy) is 1. The Labute approximate surface area is 144 Å². The first-order valence-corrected chi connectivity index (χ1v) is 8.93. The molecule has 0 spiro atoms. The Morgan fingerprint density at radius 3 is 2.95 bits per heavy atom. The number of rotatable bonds is 5. The molecular weight excluding hydrogens is 382 g/mol. The Balaban J connectivity index is 1.66. The first kappa shape index (κ1) is 15.2. The third kappa shape index (κ3) is 3.55. The quantitative estimate of drug-likeness (QED) is 0.485. The molecule has 4 nitrogen and oxygen atoms in total. The largest absolute Gasteiger partial charge is 0.496 e. The smallest absolute Gasteiger partial charge is 0.203 e. The van der Waals surface area contributed by atoms with Crippen molar-refractivity contribution in [1.82, 2.24) is 4.98 Å². The molecule has 3 aromatic rings. The number of thiazole rings is 1. The van der Waals surface area contributed by atoms with Gasteiger partial charge in [-0.25, -0.2) is 4.98 Å². The molecule has 0 aliphatic heterocycles. The van der Waals surface area contributed by atoms with Crippen molar-refractivity contribution in [3.8, 4) is 16.3 Å². The van der Waals surface area contributed by atoms with Crippen molar-refractivity contribution in [2.75, 3.05) is 12.5 Å². The highest BCUT2D eigenvalue weighted by molar-refractivity contribution is 9.10. The molecule has 0 fully saturated rings. The lowest BCUT2D eigenvalue weighted by Crippen LogP contribution is -1.91. The summed E-state index contributed by atoms with van der Waals surface area (Å²) >= 11 is 6.66. The lowest BCUT2D eigenvalue weighted by atomic mass is 10.2. The molecule has 0 aliphatic rings. The normalized spacial score (nSPS) is 11.0. The van der Waals surface area contributed by atoms with Gasteiger partial charge in [0.1, 0.15) is 5.75 Å². The van der Waals surface area contributed by atoms with Crippen LogP contribution >= 0.6 is 38.6 Å². The first-order valence-electron chi connectivity index (χ1n) is 6.38. The van der Waals surface area contributed by atoms with Crippen molar-refractivity contribution < 1.29 is 4.74 Å². The average Bonchev–Trinajstić information content (AvgIpc) is 3.18. The van der Waals surface area contributed by atoms with Crippen molar-refractivity contribution in [2.45, 2.75) is 0 Å². The molecule has 2 heterocycles. The number of thiophene rings is 1. The molecule has 112 valence electrons. The molecule has 0 radical (unpaired) electrons. The molecule has 3 rings (SSSR count). The standard InChI is InChI=1S/C15H12BrN3OS2/c1-20-13-5-4-10(7-11(13)16)8-17-19-15-18-12(9-22-15)14-3-2-6-21-14/h2-9H,1H3,(H,18,19)/b17-8-. The summed E-state index contributed by atoms with van der Waals surface area (Å²) in [6.07, 6.45) is 1.75. The zero-order valence-electron chi connectivity index (χ0n) is 11.6. The van der Waals surface area contributed by atoms with Crippen LogP contribution in [0.15, 0.2) is 50.7 Å². The van der Waals surface area contributed by atoms with Gasteiger partial charge in [-0.1, -0.05) is 6.07 Å². The number of halogens is 1. The van der Waals surface area contributed by atoms with Gasteiger partial charge in [0.25, 0.3) is 0 Å². The van der Waals surface area contributed by atoms with Gasteiger partial charge in [0.15, 0.2) is 0 Å². The van der Waals surface area contributed by atoms with Gasteiger partial charge in [0.2, 0.25) is 5.13 Å². The van der Waals surface area contributed by atoms with E-state index in [0.29, 0.717) is 0 Å². The number of methoxy groups -OCH3 is 1. The summed E-state index contributed by atoms with van der Waals surface area (Å²) in [4.78, 5) is 5.66. The molecule has 22 heavy (non-hydrogen) atoms. The molecule has 0 unspecified atom stereocenters. The minimum Gasteiger partial charge on any atom is -0.496 e. The maximum atomic E-state index is 5.20. The number of anilines is 1. The summed E-state index contributed by atoms with van der Waals surface area (Å²) in [5, 5.41) is 9.05. The fraction of sp³-hybridized carbons (Fsp3) is 0.0667. The predicted octanol–water partition coefficient (Wildman–Crippen LogP) is 5.09. The van der Waals surface area contributed by atoms with E-state index in [9.17, 15) is 0 Å². The molecule has 1 aromatic carbocycles. The Bertz CT molecular complexity index is 784. The Morgan fingerprint density at radius 1 is 1.32 bits per heavy atom. The number of nitrogens with one attached hydrogen (secondary N) is 1. The van der Waals surface area contributed by atoms with E-state index in [0.717, 1.165) is 31.5 Å². The second kappa shape index (κ2) is 7.04. The Kier molecular flexibility index (Phi) is 4.87. The highest BCUT2D eigenvalue weighted by Gasteiger charge is 2.04. The highest BCUT2D eigenvalue weighted by Crippen LogP contribution is 2.28. The summed E-state index contributed by atoms with van der Waals surface area (Å²) in [6, 6.07) is 9.86. The Morgan fingerprint density at radius 2 is 2.23 bits per heavy atom. The fourth-order valence-corrected chi connectivity index (χ4v) is 3.77. The summed E-state index contributed by atoms with van der Waals surface area (Å²) in [7, 11) is 1.64. The van der Waals surface area contributed by atoms with E-state index in [1.165, 1.54) is 11.3 Å². The maximum Gasteiger partial charge on any atom is 0.203 e. The minimum absolute atomic E-state index is 0.771. The molecule has 0 amide bonds. The SMILES string of the molecule is COc1ccc(/C=N\Nc2nc(-c3cccs3)cs2)cc1Br. The lowest BCUT2D eigenvalue weighted by Gasteiger charge is -2.02. The van der Waals surface area contributed by atoms with Gasteiger partial charge in [0.05, 0.1) is 28.4 Å². The van der Waals surface area contributed by atoms with Crippen LogP contribution in [0, 0.1) is 0 Å². The van der Waals surface area contributed by atoms with Gasteiger partial charge in [-0.3, -0.25) is 5.43 Å². The van der Waals surface area contributed by atoms with E-state index in [-0.39, 0.29) is 0 Å². The van der Waals surface area contributed by atoms with E-state index in [4.69, 9.17) is 4.74 Å². The molecule has 1 N–H and O–H groups in total. The van der Waals surface area contributed by atoms with E-state index in [1.807, 2.05) is 35.0 Å². The van der Waals surface area contributed by atoms with E-state index in [2.05, 4.69) is 37.5 Å². The van der Waals surface area contributed by atoms with Crippen LogP contribution in [0.2, 0.25) is 0 Å². The van der Waals surface area contributed by atoms with Crippen LogP contribution in [-0.2, 0) is 0 Å². The molecule has 0 bridgehead atoms. The second-order valence-corrected chi connectivity index (χ2v) is 6.94. The van der Waals surface area contributed by atoms with Crippen molar-refractivity contribution in [2.24, 2.45) is 5.10 Å². The van der Waals surface area contributed by atoms with Gasteiger partial charge in [-0.15, -0.1) is 22.7 Å². The topological polar surface area (TPSA) is 46.5 Å². The lowest BCUT2D eigenvalue weighted by molar-refractivity contribution is 0.412. The molecule has 0 saturated carbocycles. The van der Waals surface area contributed by atoms with Crippen molar-refractivity contribution in [3.05, 3.63) is 51.1 Å². The first-order chi connectivity index (χ1) is 10.8. The van der Waals surface area contributed by atoms with Gasteiger partial charge in [-0.2, -0.15) is 5.10 Å². The summed E-state index contributed by atoms with van der Waals surface area (Å²) in [5.41, 5.74) is 4.90. The average molecular weight is 394 g/mol. The summed E-state index contributed by atoms with van der Waals surface area (Å²) in [5.74, 6) is 0.797. The van der Waals surface area contributed by atoms with Gasteiger partial charge in [-0.05, 0) is 51.1 Å². The van der Waals surface area contributed by atoms with Crippen molar-refractivity contribution in [1.29, 1.82) is 0 Å². The van der Waals surface area contributed by atoms with Crippen LogP contribution in [0.4, 0.5) is 5.13 Å². The van der Waals surface area contributed by atoms with E-state index in [1.54, 1.807) is 24.7 Å². The van der Waals surface area contributed by atoms with Gasteiger partial charge >= 0.3 is 0 Å². The van der Waals surface area contributed by atoms with E-state index >= 15 is 0 Å². The monoisotopic (exact) mass is 393 g/mol. The number of benzene rings is 1. The third-order valence-electron chi connectivity index (χ3n) is 2.83. The van der Waals surface area contributed by atoms with Gasteiger partial charge < -0.3 is 4.74 Å². The third-order valence-corrected chi connectivity index (χ3v) is 5.09. The molecule has 7 heteroatoms. The predicted molar refractivity (Wildman–Crippen MR) is 97.3 cm³/mol. The minimum atomic E-state index is 0.771. The van der Waals surface area contributed by atoms with Crippen LogP contribution in [0.1, 0.15) is 5.56 Å². The zero-order valence-corrected chi connectivity index (χ0v) is 14.8. The van der Waals surface area contributed by atoms with Crippen LogP contribution in [0.25, 0.3) is 10.6 Å². The van der Waals surface area contributed by atoms with Gasteiger partial charge in [0, 0.05) is 5.38 Å². The number of nitrogens with zero attached hydrogens (tertiary/aromatic N) is 2. The maximum absolute atomic E-state index is 5.20. The van der Waals surface area contributed by atoms with E-state index < -0.39 is 0 Å². The van der Waals surface area contributed by atoms with Crippen molar-refractivity contribution in [3.63, 3.8) is 0 Å². The molecule has 0 aliphatic carbocycles. The number of hydrogen-bond acceptors (Lipinski definition) is 6. The number of hydrogen-bond donors (Lipinski definition) is 1. The molecule has 0 saturated heterocycles. The molecule has 0 atom stereocenters. The van der Waals surface area contributed by atoms with Crippen LogP contribution in [0.5, 0.6) is 5.75 Å². The highest BCUT2D eigenvalue weighted by atomic mass is 79.9. The second-order valence-electron chi connectivity index (χ2n) is 4.28. The fourth-order valence-electron chi connectivity index (χ4n) is 1.79. The summed E-state index contributed by atoms with van der Waals surface area (Å²) in [6.45, 7) is 0. The van der Waals surface area contributed by atoms with Crippen molar-refractivity contribution >= 4 is 49.9 Å². The van der Waals surface area contributed by atoms with Crippen LogP contribution in [0.3, 0.4) is 0 Å².